The van der Waals surface area contributed by atoms with Crippen LogP contribution in [0.4, 0.5) is 0 Å². The molecule has 1 heterocycles. The second-order valence-electron chi connectivity index (χ2n) is 4.59. The monoisotopic (exact) mass is 404 g/mol. The van der Waals surface area contributed by atoms with Crippen LogP contribution in [-0.4, -0.2) is 15.1 Å². The Hall–Kier alpha value is -0.320. The Bertz CT molecular complexity index is 581. The number of halogens is 3. The third-order valence-corrected chi connectivity index (χ3v) is 4.97. The van der Waals surface area contributed by atoms with Crippen LogP contribution in [0.1, 0.15) is 22.7 Å². The fourth-order valence-corrected chi connectivity index (χ4v) is 3.45. The maximum Gasteiger partial charge on any atom is 0.130 e. The number of aryl methyl sites for hydroxylation is 2. The molecule has 0 aliphatic carbocycles. The second kappa shape index (κ2) is 6.42. The van der Waals surface area contributed by atoms with Crippen molar-refractivity contribution in [1.29, 1.82) is 0 Å². The summed E-state index contributed by atoms with van der Waals surface area (Å²) in [5, 5.41) is 6.00. The van der Waals surface area contributed by atoms with Gasteiger partial charge >= 0.3 is 0 Å². The van der Waals surface area contributed by atoms with E-state index in [0.717, 1.165) is 32.6 Å². The van der Waals surface area contributed by atoms with Crippen LogP contribution in [0.3, 0.4) is 0 Å². The van der Waals surface area contributed by atoms with Crippen molar-refractivity contribution < 1.29 is 0 Å². The fourth-order valence-electron chi connectivity index (χ4n) is 2.17. The SMILES string of the molecule is Cc1nn(C)c(Cl)c1CC(CBr)c1cccc(Br)c1. The molecule has 0 amide bonds. The number of hydrogen-bond acceptors (Lipinski definition) is 1. The van der Waals surface area contributed by atoms with E-state index in [0.29, 0.717) is 5.92 Å². The van der Waals surface area contributed by atoms with Gasteiger partial charge in [0.05, 0.1) is 5.69 Å². The summed E-state index contributed by atoms with van der Waals surface area (Å²) < 4.78 is 2.84. The predicted octanol–water partition coefficient (Wildman–Crippen LogP) is 4.87. The lowest BCUT2D eigenvalue weighted by Gasteiger charge is -2.15. The van der Waals surface area contributed by atoms with E-state index in [1.165, 1.54) is 5.56 Å². The van der Waals surface area contributed by atoms with Gasteiger partial charge < -0.3 is 0 Å². The summed E-state index contributed by atoms with van der Waals surface area (Å²) in [4.78, 5) is 0. The van der Waals surface area contributed by atoms with E-state index >= 15 is 0 Å². The highest BCUT2D eigenvalue weighted by molar-refractivity contribution is 9.10. The second-order valence-corrected chi connectivity index (χ2v) is 6.51. The summed E-state index contributed by atoms with van der Waals surface area (Å²) in [5.41, 5.74) is 3.44. The van der Waals surface area contributed by atoms with Gasteiger partial charge in [-0.05, 0) is 37.0 Å². The predicted molar refractivity (Wildman–Crippen MR) is 87.3 cm³/mol. The van der Waals surface area contributed by atoms with Crippen molar-refractivity contribution in [2.75, 3.05) is 5.33 Å². The molecule has 2 nitrogen and oxygen atoms in total. The van der Waals surface area contributed by atoms with Crippen molar-refractivity contribution in [3.05, 3.63) is 50.7 Å². The van der Waals surface area contributed by atoms with Gasteiger partial charge in [0.1, 0.15) is 5.15 Å². The molecule has 2 rings (SSSR count). The molecule has 0 saturated carbocycles. The number of nitrogens with zero attached hydrogens (tertiary/aromatic N) is 2. The van der Waals surface area contributed by atoms with E-state index < -0.39 is 0 Å². The van der Waals surface area contributed by atoms with E-state index in [1.807, 2.05) is 20.0 Å². The lowest BCUT2D eigenvalue weighted by molar-refractivity contribution is 0.755. The van der Waals surface area contributed by atoms with Crippen LogP contribution in [0.25, 0.3) is 0 Å². The van der Waals surface area contributed by atoms with Gasteiger partial charge in [0.2, 0.25) is 0 Å². The zero-order chi connectivity index (χ0) is 14.0. The first-order chi connectivity index (χ1) is 9.02. The van der Waals surface area contributed by atoms with Crippen molar-refractivity contribution in [1.82, 2.24) is 9.78 Å². The topological polar surface area (TPSA) is 17.8 Å². The maximum atomic E-state index is 6.31. The van der Waals surface area contributed by atoms with Gasteiger partial charge in [-0.25, -0.2) is 0 Å². The van der Waals surface area contributed by atoms with Crippen molar-refractivity contribution in [3.63, 3.8) is 0 Å². The molecule has 0 saturated heterocycles. The van der Waals surface area contributed by atoms with Gasteiger partial charge in [0, 0.05) is 22.4 Å². The highest BCUT2D eigenvalue weighted by Gasteiger charge is 2.18. The molecule has 1 aromatic carbocycles. The van der Waals surface area contributed by atoms with Gasteiger partial charge in [-0.15, -0.1) is 0 Å². The molecule has 0 fully saturated rings. The van der Waals surface area contributed by atoms with E-state index in [4.69, 9.17) is 11.6 Å². The molecular formula is C14H15Br2ClN2. The smallest absolute Gasteiger partial charge is 0.130 e. The van der Waals surface area contributed by atoms with Crippen molar-refractivity contribution in [3.8, 4) is 0 Å². The Kier molecular flexibility index (Phi) is 5.09. The highest BCUT2D eigenvalue weighted by Crippen LogP contribution is 2.29. The summed E-state index contributed by atoms with van der Waals surface area (Å²) in [6, 6.07) is 8.41. The standard InChI is InChI=1S/C14H15Br2ClN2/c1-9-13(14(17)19(2)18-9)7-11(8-15)10-4-3-5-12(16)6-10/h3-6,11H,7-8H2,1-2H3. The lowest BCUT2D eigenvalue weighted by atomic mass is 9.94. The Morgan fingerprint density at radius 3 is 2.68 bits per heavy atom. The van der Waals surface area contributed by atoms with E-state index in [2.05, 4.69) is 55.2 Å². The minimum Gasteiger partial charge on any atom is -0.257 e. The first-order valence-electron chi connectivity index (χ1n) is 6.02. The van der Waals surface area contributed by atoms with Gasteiger partial charge in [-0.1, -0.05) is 55.6 Å². The van der Waals surface area contributed by atoms with Crippen LogP contribution in [0.5, 0.6) is 0 Å². The first kappa shape index (κ1) is 15.1. The Labute approximate surface area is 135 Å². The van der Waals surface area contributed by atoms with Crippen LogP contribution < -0.4 is 0 Å². The molecule has 0 spiro atoms. The molecular weight excluding hydrogens is 391 g/mol. The Morgan fingerprint density at radius 1 is 1.42 bits per heavy atom. The largest absolute Gasteiger partial charge is 0.257 e. The summed E-state index contributed by atoms with van der Waals surface area (Å²) in [5.74, 6) is 0.387. The summed E-state index contributed by atoms with van der Waals surface area (Å²) >= 11 is 13.4. The molecule has 0 bridgehead atoms. The molecule has 1 aromatic heterocycles. The average Bonchev–Trinajstić information content (AvgIpc) is 2.61. The molecule has 2 aromatic rings. The molecule has 0 aliphatic rings. The molecule has 1 unspecified atom stereocenters. The van der Waals surface area contributed by atoms with E-state index in [1.54, 1.807) is 4.68 Å². The fraction of sp³-hybridized carbons (Fsp3) is 0.357. The highest BCUT2D eigenvalue weighted by atomic mass is 79.9. The molecule has 0 radical (unpaired) electrons. The van der Waals surface area contributed by atoms with Gasteiger partial charge in [-0.2, -0.15) is 5.10 Å². The Balaban J connectivity index is 2.29. The Morgan fingerprint density at radius 2 is 2.16 bits per heavy atom. The van der Waals surface area contributed by atoms with E-state index in [9.17, 15) is 0 Å². The van der Waals surface area contributed by atoms with Crippen LogP contribution in [0.2, 0.25) is 5.15 Å². The molecule has 1 atom stereocenters. The van der Waals surface area contributed by atoms with Crippen LogP contribution in [0.15, 0.2) is 28.7 Å². The number of benzene rings is 1. The average molecular weight is 407 g/mol. The quantitative estimate of drug-likeness (QED) is 0.663. The van der Waals surface area contributed by atoms with Crippen molar-refractivity contribution in [2.24, 2.45) is 7.05 Å². The van der Waals surface area contributed by atoms with E-state index in [-0.39, 0.29) is 0 Å². The minimum absolute atomic E-state index is 0.387. The zero-order valence-electron chi connectivity index (χ0n) is 10.8. The summed E-state index contributed by atoms with van der Waals surface area (Å²) in [6.45, 7) is 2.01. The van der Waals surface area contributed by atoms with Crippen molar-refractivity contribution in [2.45, 2.75) is 19.3 Å². The van der Waals surface area contributed by atoms with Crippen LogP contribution >= 0.6 is 43.5 Å². The zero-order valence-corrected chi connectivity index (χ0v) is 14.8. The maximum absolute atomic E-state index is 6.31. The van der Waals surface area contributed by atoms with Crippen LogP contribution in [-0.2, 0) is 13.5 Å². The third-order valence-electron chi connectivity index (χ3n) is 3.23. The number of rotatable bonds is 4. The lowest BCUT2D eigenvalue weighted by Crippen LogP contribution is -2.05. The third kappa shape index (κ3) is 3.41. The van der Waals surface area contributed by atoms with Gasteiger partial charge in [0.25, 0.3) is 0 Å². The number of hydrogen-bond donors (Lipinski definition) is 0. The van der Waals surface area contributed by atoms with Crippen molar-refractivity contribution >= 4 is 43.5 Å². The molecule has 0 N–H and O–H groups in total. The first-order valence-corrected chi connectivity index (χ1v) is 8.31. The number of aromatic nitrogens is 2. The normalized spacial score (nSPS) is 12.7. The molecule has 102 valence electrons. The van der Waals surface area contributed by atoms with Gasteiger partial charge in [-0.3, -0.25) is 4.68 Å². The van der Waals surface area contributed by atoms with Gasteiger partial charge in [0.15, 0.2) is 0 Å². The minimum atomic E-state index is 0.387. The van der Waals surface area contributed by atoms with Crippen LogP contribution in [0, 0.1) is 6.92 Å². The summed E-state index contributed by atoms with van der Waals surface area (Å²) in [6.07, 6.45) is 0.889. The summed E-state index contributed by atoms with van der Waals surface area (Å²) in [7, 11) is 1.88. The molecule has 0 aliphatic heterocycles. The number of alkyl halides is 1. The molecule has 5 heteroatoms. The molecule has 19 heavy (non-hydrogen) atoms.